The lowest BCUT2D eigenvalue weighted by Gasteiger charge is -2.04. The van der Waals surface area contributed by atoms with Crippen LogP contribution < -0.4 is 20.2 Å². The van der Waals surface area contributed by atoms with Crippen LogP contribution in [0.2, 0.25) is 0 Å². The number of nitrogens with zero attached hydrogens (tertiary/aromatic N) is 1. The summed E-state index contributed by atoms with van der Waals surface area (Å²) >= 11 is 6.66. The molecule has 2 N–H and O–H groups in total. The van der Waals surface area contributed by atoms with E-state index in [4.69, 9.17) is 9.47 Å². The molecule has 9 heteroatoms. The molecule has 1 aliphatic heterocycles. The Balaban J connectivity index is 1.60. The fourth-order valence-electron chi connectivity index (χ4n) is 2.00. The summed E-state index contributed by atoms with van der Waals surface area (Å²) < 4.78 is 12.0. The van der Waals surface area contributed by atoms with Crippen molar-refractivity contribution >= 4 is 55.6 Å². The highest BCUT2D eigenvalue weighted by Crippen LogP contribution is 2.36. The zero-order chi connectivity index (χ0) is 17.8. The second kappa shape index (κ2) is 7.66. The number of ether oxygens (including phenoxy) is 2. The van der Waals surface area contributed by atoms with Crippen LogP contribution in [0.25, 0.3) is 0 Å². The average molecular weight is 469 g/mol. The quantitative estimate of drug-likeness (QED) is 0.411. The second-order valence-corrected chi connectivity index (χ2v) is 6.66. The van der Waals surface area contributed by atoms with Crippen LogP contribution >= 0.6 is 31.9 Å². The van der Waals surface area contributed by atoms with E-state index < -0.39 is 11.8 Å². The van der Waals surface area contributed by atoms with Crippen molar-refractivity contribution in [2.24, 2.45) is 5.10 Å². The average Bonchev–Trinajstić information content (AvgIpc) is 3.02. The molecular weight excluding hydrogens is 458 g/mol. The van der Waals surface area contributed by atoms with Gasteiger partial charge in [-0.3, -0.25) is 9.59 Å². The SMILES string of the molecule is O=C(N/N=C/c1cc2c(cc1Br)OCO2)C(=O)Nc1cccc(Br)c1. The van der Waals surface area contributed by atoms with Gasteiger partial charge in [0.05, 0.1) is 6.21 Å². The van der Waals surface area contributed by atoms with E-state index in [0.717, 1.165) is 4.47 Å². The molecule has 128 valence electrons. The van der Waals surface area contributed by atoms with Crippen molar-refractivity contribution in [3.8, 4) is 11.5 Å². The number of hydrazone groups is 1. The third-order valence-electron chi connectivity index (χ3n) is 3.15. The van der Waals surface area contributed by atoms with Gasteiger partial charge >= 0.3 is 11.8 Å². The van der Waals surface area contributed by atoms with Gasteiger partial charge in [0.2, 0.25) is 6.79 Å². The van der Waals surface area contributed by atoms with Gasteiger partial charge in [-0.15, -0.1) is 0 Å². The number of fused-ring (bicyclic) bond motifs is 1. The van der Waals surface area contributed by atoms with Crippen LogP contribution in [0.1, 0.15) is 5.56 Å². The first-order valence-electron chi connectivity index (χ1n) is 7.02. The van der Waals surface area contributed by atoms with Crippen molar-refractivity contribution in [2.45, 2.75) is 0 Å². The van der Waals surface area contributed by atoms with E-state index in [1.54, 1.807) is 30.3 Å². The van der Waals surface area contributed by atoms with Crippen molar-refractivity contribution < 1.29 is 19.1 Å². The van der Waals surface area contributed by atoms with E-state index >= 15 is 0 Å². The first-order chi connectivity index (χ1) is 12.0. The Bertz CT molecular complexity index is 870. The van der Waals surface area contributed by atoms with E-state index in [1.807, 2.05) is 6.07 Å². The molecule has 0 atom stereocenters. The fraction of sp³-hybridized carbons (Fsp3) is 0.0625. The van der Waals surface area contributed by atoms with Gasteiger partial charge in [-0.05, 0) is 46.3 Å². The zero-order valence-electron chi connectivity index (χ0n) is 12.6. The minimum Gasteiger partial charge on any atom is -0.454 e. The highest BCUT2D eigenvalue weighted by molar-refractivity contribution is 9.10. The van der Waals surface area contributed by atoms with Crippen LogP contribution in [0.15, 0.2) is 50.4 Å². The van der Waals surface area contributed by atoms with Crippen LogP contribution in [0.5, 0.6) is 11.5 Å². The molecule has 0 unspecified atom stereocenters. The number of benzene rings is 2. The van der Waals surface area contributed by atoms with Crippen LogP contribution in [-0.4, -0.2) is 24.8 Å². The van der Waals surface area contributed by atoms with Crippen LogP contribution in [-0.2, 0) is 9.59 Å². The van der Waals surface area contributed by atoms with E-state index in [0.29, 0.717) is 27.2 Å². The molecule has 0 fully saturated rings. The highest BCUT2D eigenvalue weighted by atomic mass is 79.9. The van der Waals surface area contributed by atoms with E-state index in [1.165, 1.54) is 6.21 Å². The lowest BCUT2D eigenvalue weighted by molar-refractivity contribution is -0.136. The van der Waals surface area contributed by atoms with Gasteiger partial charge in [0.15, 0.2) is 11.5 Å². The molecule has 0 aromatic heterocycles. The number of rotatable bonds is 3. The predicted octanol–water partition coefficient (Wildman–Crippen LogP) is 3.03. The molecule has 1 aliphatic rings. The van der Waals surface area contributed by atoms with Gasteiger partial charge in [0.25, 0.3) is 0 Å². The first kappa shape index (κ1) is 17.4. The number of carbonyl (C=O) groups excluding carboxylic acids is 2. The summed E-state index contributed by atoms with van der Waals surface area (Å²) in [6.07, 6.45) is 1.40. The summed E-state index contributed by atoms with van der Waals surface area (Å²) in [4.78, 5) is 23.6. The molecular formula is C16H11Br2N3O4. The Morgan fingerprint density at radius 1 is 1.08 bits per heavy atom. The van der Waals surface area contributed by atoms with Crippen molar-refractivity contribution in [2.75, 3.05) is 12.1 Å². The highest BCUT2D eigenvalue weighted by Gasteiger charge is 2.16. The Hall–Kier alpha value is -2.39. The Morgan fingerprint density at radius 3 is 2.60 bits per heavy atom. The Kier molecular flexibility index (Phi) is 5.34. The van der Waals surface area contributed by atoms with Gasteiger partial charge in [-0.1, -0.05) is 22.0 Å². The number of anilines is 1. The molecule has 2 amide bonds. The molecule has 0 aliphatic carbocycles. The molecule has 2 aromatic carbocycles. The molecule has 0 spiro atoms. The molecule has 0 saturated heterocycles. The van der Waals surface area contributed by atoms with Crippen molar-refractivity contribution in [3.05, 3.63) is 50.9 Å². The fourth-order valence-corrected chi connectivity index (χ4v) is 2.82. The van der Waals surface area contributed by atoms with Gasteiger partial charge in [0.1, 0.15) is 0 Å². The summed E-state index contributed by atoms with van der Waals surface area (Å²) in [5.74, 6) is -0.488. The number of amides is 2. The zero-order valence-corrected chi connectivity index (χ0v) is 15.8. The molecule has 0 radical (unpaired) electrons. The second-order valence-electron chi connectivity index (χ2n) is 4.89. The monoisotopic (exact) mass is 467 g/mol. The van der Waals surface area contributed by atoms with Crippen molar-refractivity contribution in [1.29, 1.82) is 0 Å². The number of nitrogens with one attached hydrogen (secondary N) is 2. The van der Waals surface area contributed by atoms with E-state index in [9.17, 15) is 9.59 Å². The maximum absolute atomic E-state index is 11.8. The summed E-state index contributed by atoms with van der Waals surface area (Å²) in [5.41, 5.74) is 3.34. The Labute approximate surface area is 159 Å². The summed E-state index contributed by atoms with van der Waals surface area (Å²) in [7, 11) is 0. The summed E-state index contributed by atoms with van der Waals surface area (Å²) in [5, 5.41) is 6.26. The van der Waals surface area contributed by atoms with Gasteiger partial charge in [-0.25, -0.2) is 5.43 Å². The first-order valence-corrected chi connectivity index (χ1v) is 8.60. The normalized spacial score (nSPS) is 12.2. The number of halogens is 2. The minimum absolute atomic E-state index is 0.162. The molecule has 0 saturated carbocycles. The molecule has 7 nitrogen and oxygen atoms in total. The topological polar surface area (TPSA) is 89.0 Å². The van der Waals surface area contributed by atoms with Crippen LogP contribution in [0.4, 0.5) is 5.69 Å². The third-order valence-corrected chi connectivity index (χ3v) is 4.33. The molecule has 0 bridgehead atoms. The van der Waals surface area contributed by atoms with Crippen molar-refractivity contribution in [1.82, 2.24) is 5.43 Å². The number of hydrogen-bond donors (Lipinski definition) is 2. The van der Waals surface area contributed by atoms with Gasteiger partial charge in [0, 0.05) is 20.2 Å². The number of hydrogen-bond acceptors (Lipinski definition) is 5. The maximum Gasteiger partial charge on any atom is 0.329 e. The lowest BCUT2D eigenvalue weighted by Crippen LogP contribution is -2.32. The number of carbonyl (C=O) groups is 2. The van der Waals surface area contributed by atoms with Crippen LogP contribution in [0, 0.1) is 0 Å². The maximum atomic E-state index is 11.8. The largest absolute Gasteiger partial charge is 0.454 e. The minimum atomic E-state index is -0.881. The van der Waals surface area contributed by atoms with Crippen molar-refractivity contribution in [3.63, 3.8) is 0 Å². The van der Waals surface area contributed by atoms with E-state index in [-0.39, 0.29) is 6.79 Å². The Morgan fingerprint density at radius 2 is 1.84 bits per heavy atom. The smallest absolute Gasteiger partial charge is 0.329 e. The third kappa shape index (κ3) is 4.37. The van der Waals surface area contributed by atoms with E-state index in [2.05, 4.69) is 47.7 Å². The van der Waals surface area contributed by atoms with Gasteiger partial charge in [-0.2, -0.15) is 5.10 Å². The van der Waals surface area contributed by atoms with Crippen LogP contribution in [0.3, 0.4) is 0 Å². The van der Waals surface area contributed by atoms with Gasteiger partial charge < -0.3 is 14.8 Å². The summed E-state index contributed by atoms with van der Waals surface area (Å²) in [6.45, 7) is 0.162. The predicted molar refractivity (Wildman–Crippen MR) is 98.8 cm³/mol. The molecule has 1 heterocycles. The molecule has 2 aromatic rings. The molecule has 25 heavy (non-hydrogen) atoms. The standard InChI is InChI=1S/C16H11Br2N3O4/c17-10-2-1-3-11(5-10)20-15(22)16(23)21-19-7-9-4-13-14(6-12(9)18)25-8-24-13/h1-7H,8H2,(H,20,22)(H,21,23)/b19-7+. The lowest BCUT2D eigenvalue weighted by atomic mass is 10.2. The molecule has 3 rings (SSSR count). The summed E-state index contributed by atoms with van der Waals surface area (Å²) in [6, 6.07) is 10.4.